The number of aromatic hydroxyl groups is 1. The normalized spacial score (nSPS) is 9.86. The van der Waals surface area contributed by atoms with Crippen molar-refractivity contribution in [3.63, 3.8) is 0 Å². The third-order valence-corrected chi connectivity index (χ3v) is 1.61. The van der Waals surface area contributed by atoms with Gasteiger partial charge < -0.3 is 5.11 Å². The van der Waals surface area contributed by atoms with E-state index in [9.17, 15) is 19.3 Å². The van der Waals surface area contributed by atoms with Gasteiger partial charge in [0.25, 0.3) is 5.69 Å². The zero-order chi connectivity index (χ0) is 10.9. The molecule has 1 N–H and O–H groups in total. The van der Waals surface area contributed by atoms with Gasteiger partial charge in [0, 0.05) is 6.07 Å². The van der Waals surface area contributed by atoms with Crippen LogP contribution in [0.5, 0.6) is 5.75 Å². The fraction of sp³-hybridized carbons (Fsp3) is 0.125. The highest BCUT2D eigenvalue weighted by atomic mass is 19.1. The summed E-state index contributed by atoms with van der Waals surface area (Å²) in [6.45, 7) is 1.06. The molecule has 0 aliphatic rings. The van der Waals surface area contributed by atoms with Gasteiger partial charge in [-0.1, -0.05) is 0 Å². The molecule has 14 heavy (non-hydrogen) atoms. The van der Waals surface area contributed by atoms with Crippen LogP contribution in [0.3, 0.4) is 0 Å². The molecular formula is C8H6FNO4. The predicted molar refractivity (Wildman–Crippen MR) is 44.7 cm³/mol. The minimum Gasteiger partial charge on any atom is -0.507 e. The first-order chi connectivity index (χ1) is 6.43. The van der Waals surface area contributed by atoms with Crippen molar-refractivity contribution in [2.75, 3.05) is 0 Å². The minimum atomic E-state index is -0.959. The number of hydrogen-bond acceptors (Lipinski definition) is 4. The van der Waals surface area contributed by atoms with E-state index in [-0.39, 0.29) is 0 Å². The second kappa shape index (κ2) is 3.41. The number of hydrogen-bond donors (Lipinski definition) is 1. The molecule has 0 saturated carbocycles. The van der Waals surface area contributed by atoms with Crippen LogP contribution in [0.25, 0.3) is 0 Å². The second-order valence-electron chi connectivity index (χ2n) is 2.63. The summed E-state index contributed by atoms with van der Waals surface area (Å²) in [6.07, 6.45) is 0. The van der Waals surface area contributed by atoms with Crippen LogP contribution in [-0.4, -0.2) is 15.8 Å². The number of ketones is 1. The van der Waals surface area contributed by atoms with Crippen molar-refractivity contribution in [3.05, 3.63) is 33.6 Å². The Bertz CT molecular complexity index is 416. The van der Waals surface area contributed by atoms with Crippen LogP contribution in [0, 0.1) is 15.9 Å². The molecule has 0 saturated heterocycles. The minimum absolute atomic E-state index is 0.476. The zero-order valence-corrected chi connectivity index (χ0v) is 7.15. The average Bonchev–Trinajstić information content (AvgIpc) is 2.01. The maximum absolute atomic E-state index is 12.7. The fourth-order valence-corrected chi connectivity index (χ4v) is 1.08. The molecule has 0 spiro atoms. The lowest BCUT2D eigenvalue weighted by molar-refractivity contribution is -0.385. The maximum atomic E-state index is 12.7. The summed E-state index contributed by atoms with van der Waals surface area (Å²) >= 11 is 0. The maximum Gasteiger partial charge on any atom is 0.286 e. The number of nitro benzene ring substituents is 1. The van der Waals surface area contributed by atoms with Crippen molar-refractivity contribution in [1.29, 1.82) is 0 Å². The molecule has 0 bridgehead atoms. The number of nitro groups is 1. The van der Waals surface area contributed by atoms with Gasteiger partial charge in [0.1, 0.15) is 17.1 Å². The third kappa shape index (κ3) is 1.68. The summed E-state index contributed by atoms with van der Waals surface area (Å²) in [5, 5.41) is 19.5. The van der Waals surface area contributed by atoms with Crippen molar-refractivity contribution in [2.24, 2.45) is 0 Å². The molecule has 0 fully saturated rings. The van der Waals surface area contributed by atoms with Gasteiger partial charge in [0.05, 0.1) is 11.0 Å². The van der Waals surface area contributed by atoms with Crippen molar-refractivity contribution in [3.8, 4) is 5.75 Å². The van der Waals surface area contributed by atoms with E-state index in [1.165, 1.54) is 0 Å². The summed E-state index contributed by atoms with van der Waals surface area (Å²) in [4.78, 5) is 20.4. The Labute approximate surface area is 77.9 Å². The Morgan fingerprint density at radius 3 is 2.57 bits per heavy atom. The first-order valence-corrected chi connectivity index (χ1v) is 3.61. The number of phenolic OH excluding ortho intramolecular Hbond substituents is 1. The lowest BCUT2D eigenvalue weighted by Gasteiger charge is -2.01. The van der Waals surface area contributed by atoms with E-state index in [0.717, 1.165) is 6.92 Å². The number of nitrogens with zero attached hydrogens (tertiary/aromatic N) is 1. The van der Waals surface area contributed by atoms with E-state index in [4.69, 9.17) is 5.11 Å². The van der Waals surface area contributed by atoms with Gasteiger partial charge >= 0.3 is 0 Å². The van der Waals surface area contributed by atoms with Crippen LogP contribution in [0.4, 0.5) is 10.1 Å². The zero-order valence-electron chi connectivity index (χ0n) is 7.15. The molecule has 1 rings (SSSR count). The van der Waals surface area contributed by atoms with Crippen LogP contribution in [0.1, 0.15) is 17.3 Å². The molecule has 0 aliphatic heterocycles. The molecule has 0 amide bonds. The van der Waals surface area contributed by atoms with Crippen LogP contribution in [-0.2, 0) is 0 Å². The summed E-state index contributed by atoms with van der Waals surface area (Å²) in [7, 11) is 0. The van der Waals surface area contributed by atoms with E-state index < -0.39 is 33.5 Å². The van der Waals surface area contributed by atoms with Gasteiger partial charge in [-0.05, 0) is 6.92 Å². The van der Waals surface area contributed by atoms with E-state index >= 15 is 0 Å². The molecule has 0 atom stereocenters. The highest BCUT2D eigenvalue weighted by Gasteiger charge is 2.22. The van der Waals surface area contributed by atoms with E-state index in [1.54, 1.807) is 0 Å². The Morgan fingerprint density at radius 2 is 2.14 bits per heavy atom. The Kier molecular flexibility index (Phi) is 2.46. The first-order valence-electron chi connectivity index (χ1n) is 3.61. The van der Waals surface area contributed by atoms with E-state index in [2.05, 4.69) is 0 Å². The smallest absolute Gasteiger partial charge is 0.286 e. The summed E-state index contributed by atoms with van der Waals surface area (Å²) < 4.78 is 12.7. The van der Waals surface area contributed by atoms with E-state index in [0.29, 0.717) is 12.1 Å². The Balaban J connectivity index is 3.52. The molecule has 0 aliphatic carbocycles. The van der Waals surface area contributed by atoms with Crippen molar-refractivity contribution in [2.45, 2.75) is 6.92 Å². The standard InChI is InChI=1S/C8H6FNO4/c1-4(11)8-6(10(13)14)2-5(9)3-7(8)12/h2-3,12H,1H3. The van der Waals surface area contributed by atoms with Crippen LogP contribution < -0.4 is 0 Å². The van der Waals surface area contributed by atoms with Gasteiger partial charge in [0.15, 0.2) is 5.78 Å². The number of phenols is 1. The Morgan fingerprint density at radius 1 is 1.57 bits per heavy atom. The molecule has 0 aromatic heterocycles. The topological polar surface area (TPSA) is 80.4 Å². The molecule has 0 unspecified atom stereocenters. The number of rotatable bonds is 2. The largest absolute Gasteiger partial charge is 0.507 e. The molecular weight excluding hydrogens is 193 g/mol. The van der Waals surface area contributed by atoms with Crippen molar-refractivity contribution in [1.82, 2.24) is 0 Å². The SMILES string of the molecule is CC(=O)c1c(O)cc(F)cc1[N+](=O)[O-]. The van der Waals surface area contributed by atoms with Crippen LogP contribution >= 0.6 is 0 Å². The lowest BCUT2D eigenvalue weighted by Crippen LogP contribution is -2.01. The quantitative estimate of drug-likeness (QED) is 0.446. The summed E-state index contributed by atoms with van der Waals surface area (Å²) in [5.41, 5.74) is -1.20. The first kappa shape index (κ1) is 10.1. The molecule has 6 heteroatoms. The van der Waals surface area contributed by atoms with Gasteiger partial charge in [-0.3, -0.25) is 14.9 Å². The van der Waals surface area contributed by atoms with Crippen LogP contribution in [0.2, 0.25) is 0 Å². The molecule has 74 valence electrons. The third-order valence-electron chi connectivity index (χ3n) is 1.61. The number of carbonyl (C=O) groups excluding carboxylic acids is 1. The predicted octanol–water partition coefficient (Wildman–Crippen LogP) is 1.64. The molecule has 1 aromatic rings. The summed E-state index contributed by atoms with van der Waals surface area (Å²) in [6, 6.07) is 1.25. The lowest BCUT2D eigenvalue weighted by atomic mass is 10.1. The molecule has 1 aromatic carbocycles. The Hall–Kier alpha value is -1.98. The second-order valence-corrected chi connectivity index (χ2v) is 2.63. The van der Waals surface area contributed by atoms with Crippen molar-refractivity contribution >= 4 is 11.5 Å². The van der Waals surface area contributed by atoms with Gasteiger partial charge in [0.2, 0.25) is 0 Å². The molecule has 5 nitrogen and oxygen atoms in total. The van der Waals surface area contributed by atoms with Gasteiger partial charge in [-0.2, -0.15) is 0 Å². The van der Waals surface area contributed by atoms with Gasteiger partial charge in [-0.25, -0.2) is 4.39 Å². The van der Waals surface area contributed by atoms with Crippen molar-refractivity contribution < 1.29 is 19.2 Å². The number of Topliss-reactive ketones (excluding diaryl/α,β-unsaturated/α-hetero) is 1. The summed E-state index contributed by atoms with van der Waals surface area (Å²) in [5.74, 6) is -2.36. The monoisotopic (exact) mass is 199 g/mol. The number of halogens is 1. The average molecular weight is 199 g/mol. The van der Waals surface area contributed by atoms with Crippen LogP contribution in [0.15, 0.2) is 12.1 Å². The molecule has 0 radical (unpaired) electrons. The highest BCUT2D eigenvalue weighted by Crippen LogP contribution is 2.29. The molecule has 0 heterocycles. The number of benzene rings is 1. The fourth-order valence-electron chi connectivity index (χ4n) is 1.08. The van der Waals surface area contributed by atoms with Gasteiger partial charge in [-0.15, -0.1) is 0 Å². The number of carbonyl (C=O) groups is 1. The highest BCUT2D eigenvalue weighted by molar-refractivity contribution is 6.00. The van der Waals surface area contributed by atoms with E-state index in [1.807, 2.05) is 0 Å².